The highest BCUT2D eigenvalue weighted by Gasteiger charge is 2.47. The first kappa shape index (κ1) is 25.3. The molecule has 34 heavy (non-hydrogen) atoms. The van der Waals surface area contributed by atoms with Crippen LogP contribution < -0.4 is 24.3 Å². The lowest BCUT2D eigenvalue weighted by Crippen LogP contribution is -2.22. The Morgan fingerprint density at radius 3 is 1.74 bits per heavy atom. The van der Waals surface area contributed by atoms with Crippen molar-refractivity contribution >= 4 is 35.1 Å². The fourth-order valence-electron chi connectivity index (χ4n) is 3.66. The van der Waals surface area contributed by atoms with E-state index in [1.165, 1.54) is 58.8 Å². The number of alkyl halides is 1. The van der Waals surface area contributed by atoms with Crippen molar-refractivity contribution in [2.24, 2.45) is 0 Å². The lowest BCUT2D eigenvalue weighted by atomic mass is 10.1. The Morgan fingerprint density at radius 2 is 1.24 bits per heavy atom. The van der Waals surface area contributed by atoms with Crippen molar-refractivity contribution in [3.8, 4) is 23.0 Å². The Kier molecular flexibility index (Phi) is 8.02. The van der Waals surface area contributed by atoms with E-state index in [1.54, 1.807) is 30.3 Å². The maximum absolute atomic E-state index is 14.7. The normalized spacial score (nSPS) is 12.4. The highest BCUT2D eigenvalue weighted by Crippen LogP contribution is 2.56. The Bertz CT molecular complexity index is 1240. The summed E-state index contributed by atoms with van der Waals surface area (Å²) in [5.41, 5.74) is -1.62. The summed E-state index contributed by atoms with van der Waals surface area (Å²) < 4.78 is 36.3. The summed E-state index contributed by atoms with van der Waals surface area (Å²) in [6, 6.07) is 15.7. The predicted molar refractivity (Wildman–Crippen MR) is 131 cm³/mol. The molecule has 1 unspecified atom stereocenters. The third-order valence-electron chi connectivity index (χ3n) is 5.32. The van der Waals surface area contributed by atoms with Gasteiger partial charge in [0, 0.05) is 10.9 Å². The van der Waals surface area contributed by atoms with Crippen LogP contribution in [0, 0.1) is 0 Å². The van der Waals surface area contributed by atoms with Crippen molar-refractivity contribution in [2.75, 3.05) is 28.4 Å². The molecule has 1 atom stereocenters. The van der Waals surface area contributed by atoms with Gasteiger partial charge in [0.05, 0.1) is 34.3 Å². The van der Waals surface area contributed by atoms with Gasteiger partial charge in [0.1, 0.15) is 34.1 Å². The zero-order valence-electron chi connectivity index (χ0n) is 19.2. The van der Waals surface area contributed by atoms with E-state index in [2.05, 4.69) is 0 Å². The molecule has 0 spiro atoms. The van der Waals surface area contributed by atoms with E-state index in [0.717, 1.165) is 0 Å². The summed E-state index contributed by atoms with van der Waals surface area (Å²) in [4.78, 5) is 28.2. The second kappa shape index (κ2) is 10.8. The molecule has 0 amide bonds. The van der Waals surface area contributed by atoms with Crippen LogP contribution in [-0.2, 0) is 10.4 Å². The molecule has 0 saturated carbocycles. The number of hydrogen-bond donors (Lipinski definition) is 0. The molecule has 3 rings (SSSR count). The highest BCUT2D eigenvalue weighted by atomic mass is 35.5. The number of halogens is 1. The van der Waals surface area contributed by atoms with Gasteiger partial charge in [0.25, 0.3) is 0 Å². The molecule has 0 radical (unpaired) electrons. The molecule has 0 aliphatic heterocycles. The molecule has 9 heteroatoms. The van der Waals surface area contributed by atoms with Crippen LogP contribution in [0.1, 0.15) is 26.3 Å². The quantitative estimate of drug-likeness (QED) is 0.280. The van der Waals surface area contributed by atoms with Gasteiger partial charge in [-0.3, -0.25) is 9.59 Å². The summed E-state index contributed by atoms with van der Waals surface area (Å²) >= 11 is 6.05. The van der Waals surface area contributed by atoms with Gasteiger partial charge in [0.2, 0.25) is 18.2 Å². The van der Waals surface area contributed by atoms with Gasteiger partial charge < -0.3 is 23.5 Å². The maximum Gasteiger partial charge on any atom is 0.249 e. The van der Waals surface area contributed by atoms with Crippen molar-refractivity contribution in [3.05, 3.63) is 77.4 Å². The van der Waals surface area contributed by atoms with E-state index in [4.69, 9.17) is 30.5 Å². The lowest BCUT2D eigenvalue weighted by Gasteiger charge is -2.22. The van der Waals surface area contributed by atoms with E-state index in [1.807, 2.05) is 0 Å². The van der Waals surface area contributed by atoms with Crippen LogP contribution >= 0.6 is 18.7 Å². The van der Waals surface area contributed by atoms with Gasteiger partial charge >= 0.3 is 0 Å². The van der Waals surface area contributed by atoms with E-state index in [-0.39, 0.29) is 45.3 Å². The molecule has 0 N–H and O–H groups in total. The molecule has 3 aromatic carbocycles. The van der Waals surface area contributed by atoms with E-state index in [9.17, 15) is 14.2 Å². The molecule has 0 aromatic heterocycles. The number of ether oxygens (including phenoxy) is 4. The van der Waals surface area contributed by atoms with Gasteiger partial charge in [0.15, 0.2) is 0 Å². The van der Waals surface area contributed by atoms with Gasteiger partial charge in [-0.05, 0) is 18.2 Å². The fourth-order valence-corrected chi connectivity index (χ4v) is 6.18. The molecule has 178 valence electrons. The van der Waals surface area contributed by atoms with Crippen molar-refractivity contribution in [1.29, 1.82) is 0 Å². The van der Waals surface area contributed by atoms with E-state index in [0.29, 0.717) is 5.56 Å². The standard InChI is InChI=1S/C25H24ClO7P/c1-30-18-11-8-12-19(31-2)21(18)24(27)34(29,17-9-6-5-7-10-17)25(28)22-20(32-3)14-13-16(15-26)23(22)33-4/h5-14H,15H2,1-4H3. The zero-order chi connectivity index (χ0) is 24.9. The van der Waals surface area contributed by atoms with E-state index < -0.39 is 18.2 Å². The summed E-state index contributed by atoms with van der Waals surface area (Å²) in [6.07, 6.45) is 0. The van der Waals surface area contributed by atoms with Crippen molar-refractivity contribution in [3.63, 3.8) is 0 Å². The molecular formula is C25H24ClO7P. The van der Waals surface area contributed by atoms with Gasteiger partial charge in [-0.25, -0.2) is 0 Å². The third kappa shape index (κ3) is 4.29. The molecule has 0 fully saturated rings. The van der Waals surface area contributed by atoms with Crippen molar-refractivity contribution < 1.29 is 33.1 Å². The molecule has 7 nitrogen and oxygen atoms in total. The van der Waals surface area contributed by atoms with Crippen LogP contribution in [0.4, 0.5) is 0 Å². The third-order valence-corrected chi connectivity index (χ3v) is 8.22. The van der Waals surface area contributed by atoms with Gasteiger partial charge in [-0.2, -0.15) is 0 Å². The molecule has 3 aromatic rings. The molecular weight excluding hydrogens is 479 g/mol. The summed E-state index contributed by atoms with van der Waals surface area (Å²) in [5, 5.41) is 0.0540. The molecule has 0 aliphatic carbocycles. The van der Waals surface area contributed by atoms with Crippen LogP contribution in [0.25, 0.3) is 0 Å². The first-order chi connectivity index (χ1) is 16.4. The number of rotatable bonds is 10. The van der Waals surface area contributed by atoms with Crippen LogP contribution in [0.3, 0.4) is 0 Å². The minimum atomic E-state index is -4.53. The number of carbonyl (C=O) groups is 2. The van der Waals surface area contributed by atoms with Gasteiger partial charge in [-0.1, -0.05) is 42.5 Å². The number of benzene rings is 3. The maximum atomic E-state index is 14.7. The van der Waals surface area contributed by atoms with Crippen LogP contribution in [0.15, 0.2) is 60.7 Å². The van der Waals surface area contributed by atoms with Crippen molar-refractivity contribution in [2.45, 2.75) is 5.88 Å². The molecule has 0 aliphatic rings. The topological polar surface area (TPSA) is 88.1 Å². The second-order valence-electron chi connectivity index (χ2n) is 7.06. The fraction of sp³-hybridized carbons (Fsp3) is 0.200. The largest absolute Gasteiger partial charge is 0.496 e. The average Bonchev–Trinajstić information content (AvgIpc) is 2.90. The monoisotopic (exact) mass is 502 g/mol. The number of hydrogen-bond acceptors (Lipinski definition) is 7. The van der Waals surface area contributed by atoms with Crippen LogP contribution in [0.2, 0.25) is 0 Å². The Labute approximate surface area is 202 Å². The Morgan fingerprint density at radius 1 is 0.706 bits per heavy atom. The van der Waals surface area contributed by atoms with E-state index >= 15 is 0 Å². The predicted octanol–water partition coefficient (Wildman–Crippen LogP) is 5.13. The molecule has 0 saturated heterocycles. The highest BCUT2D eigenvalue weighted by molar-refractivity contribution is 8.01. The average molecular weight is 503 g/mol. The SMILES string of the molecule is COc1cccc(OC)c1C(=O)P(=O)(C(=O)c1c(OC)ccc(CCl)c1OC)c1ccccc1. The first-order valence-corrected chi connectivity index (χ1v) is 12.4. The number of carbonyl (C=O) groups excluding carboxylic acids is 2. The van der Waals surface area contributed by atoms with Crippen LogP contribution in [-0.4, -0.2) is 39.5 Å². The minimum Gasteiger partial charge on any atom is -0.496 e. The van der Waals surface area contributed by atoms with Crippen molar-refractivity contribution in [1.82, 2.24) is 0 Å². The summed E-state index contributed by atoms with van der Waals surface area (Å²) in [6.45, 7) is 0. The number of methoxy groups -OCH3 is 4. The lowest BCUT2D eigenvalue weighted by molar-refractivity contribution is 0.103. The molecule has 0 heterocycles. The summed E-state index contributed by atoms with van der Waals surface area (Å²) in [5.74, 6) is 0.475. The smallest absolute Gasteiger partial charge is 0.249 e. The minimum absolute atomic E-state index is 0.0252. The van der Waals surface area contributed by atoms with Gasteiger partial charge in [-0.15, -0.1) is 11.6 Å². The second-order valence-corrected chi connectivity index (χ2v) is 9.88. The first-order valence-electron chi connectivity index (χ1n) is 10.1. The molecule has 0 bridgehead atoms. The van der Waals surface area contributed by atoms with Crippen LogP contribution in [0.5, 0.6) is 23.0 Å². The Hall–Kier alpha value is -3.28. The zero-order valence-corrected chi connectivity index (χ0v) is 20.8. The Balaban J connectivity index is 2.38. The summed E-state index contributed by atoms with van der Waals surface area (Å²) in [7, 11) is 0.941.